The number of imide groups is 1. The maximum Gasteiger partial charge on any atom is 0.247 e. The first kappa shape index (κ1) is 16.4. The third-order valence-corrected chi connectivity index (χ3v) is 5.54. The zero-order chi connectivity index (χ0) is 16.4. The number of amides is 2. The average molecular weight is 350 g/mol. The number of rotatable bonds is 2. The summed E-state index contributed by atoms with van der Waals surface area (Å²) in [5, 5.41) is -0.432. The average Bonchev–Trinajstić information content (AvgIpc) is 2.82. The SMILES string of the molecule is Cc1cccc(N2C(=O)C[C@H](SC(=S)N3CCOCC3)C2=O)c1. The van der Waals surface area contributed by atoms with Crippen LogP contribution in [-0.4, -0.2) is 52.6 Å². The van der Waals surface area contributed by atoms with Gasteiger partial charge in [-0.15, -0.1) is 0 Å². The van der Waals surface area contributed by atoms with Crippen molar-refractivity contribution in [1.82, 2.24) is 4.90 Å². The van der Waals surface area contributed by atoms with Crippen LogP contribution in [0.3, 0.4) is 0 Å². The predicted molar refractivity (Wildman–Crippen MR) is 94.7 cm³/mol. The van der Waals surface area contributed by atoms with Crippen molar-refractivity contribution in [2.45, 2.75) is 18.6 Å². The van der Waals surface area contributed by atoms with Crippen LogP contribution in [0.25, 0.3) is 0 Å². The minimum absolute atomic E-state index is 0.164. The number of ether oxygens (including phenoxy) is 1. The number of carbonyl (C=O) groups excluding carboxylic acids is 2. The molecule has 2 aliphatic rings. The Labute approximate surface area is 145 Å². The van der Waals surface area contributed by atoms with Gasteiger partial charge in [-0.05, 0) is 24.6 Å². The number of carbonyl (C=O) groups is 2. The summed E-state index contributed by atoms with van der Waals surface area (Å²) in [6.45, 7) is 4.71. The molecule has 2 heterocycles. The fraction of sp³-hybridized carbons (Fsp3) is 0.438. The summed E-state index contributed by atoms with van der Waals surface area (Å²) in [6.07, 6.45) is 0.196. The van der Waals surface area contributed by atoms with E-state index in [0.717, 1.165) is 18.7 Å². The molecule has 1 atom stereocenters. The van der Waals surface area contributed by atoms with Gasteiger partial charge in [0.25, 0.3) is 0 Å². The largest absolute Gasteiger partial charge is 0.378 e. The number of morpholine rings is 1. The normalized spacial score (nSPS) is 21.9. The summed E-state index contributed by atoms with van der Waals surface area (Å²) >= 11 is 6.75. The quantitative estimate of drug-likeness (QED) is 0.600. The summed E-state index contributed by atoms with van der Waals surface area (Å²) in [6, 6.07) is 7.43. The number of hydrogen-bond acceptors (Lipinski definition) is 5. The van der Waals surface area contributed by atoms with E-state index < -0.39 is 5.25 Å². The number of benzene rings is 1. The van der Waals surface area contributed by atoms with Crippen LogP contribution in [0.15, 0.2) is 24.3 Å². The summed E-state index contributed by atoms with van der Waals surface area (Å²) in [5.74, 6) is -0.343. The molecule has 1 aromatic rings. The van der Waals surface area contributed by atoms with Crippen molar-refractivity contribution in [2.24, 2.45) is 0 Å². The Hall–Kier alpha value is -1.44. The van der Waals surface area contributed by atoms with Crippen LogP contribution in [-0.2, 0) is 14.3 Å². The molecule has 0 aromatic heterocycles. The van der Waals surface area contributed by atoms with Gasteiger partial charge in [-0.25, -0.2) is 4.90 Å². The van der Waals surface area contributed by atoms with Crippen molar-refractivity contribution in [2.75, 3.05) is 31.2 Å². The zero-order valence-electron chi connectivity index (χ0n) is 12.9. The van der Waals surface area contributed by atoms with E-state index in [0.29, 0.717) is 23.2 Å². The first-order valence-electron chi connectivity index (χ1n) is 7.53. The Morgan fingerprint density at radius 3 is 2.74 bits per heavy atom. The van der Waals surface area contributed by atoms with Gasteiger partial charge in [-0.2, -0.15) is 0 Å². The molecule has 2 fully saturated rings. The molecule has 2 aliphatic heterocycles. The van der Waals surface area contributed by atoms with Crippen molar-refractivity contribution in [3.05, 3.63) is 29.8 Å². The van der Waals surface area contributed by atoms with E-state index in [4.69, 9.17) is 17.0 Å². The van der Waals surface area contributed by atoms with Gasteiger partial charge in [-0.3, -0.25) is 9.59 Å². The Bertz CT molecular complexity index is 644. The zero-order valence-corrected chi connectivity index (χ0v) is 14.5. The summed E-state index contributed by atoms with van der Waals surface area (Å²) < 4.78 is 5.98. The molecule has 0 saturated carbocycles. The van der Waals surface area contributed by atoms with Gasteiger partial charge < -0.3 is 9.64 Å². The Balaban J connectivity index is 1.69. The highest BCUT2D eigenvalue weighted by Crippen LogP contribution is 2.31. The topological polar surface area (TPSA) is 49.9 Å². The Morgan fingerprint density at radius 2 is 2.04 bits per heavy atom. The third-order valence-electron chi connectivity index (χ3n) is 3.88. The van der Waals surface area contributed by atoms with Crippen molar-refractivity contribution < 1.29 is 14.3 Å². The molecule has 0 N–H and O–H groups in total. The summed E-state index contributed by atoms with van der Waals surface area (Å²) in [7, 11) is 0. The number of aryl methyl sites for hydroxylation is 1. The van der Waals surface area contributed by atoms with Gasteiger partial charge in [-0.1, -0.05) is 36.1 Å². The van der Waals surface area contributed by atoms with Crippen LogP contribution in [0, 0.1) is 6.92 Å². The van der Waals surface area contributed by atoms with Crippen LogP contribution in [0.2, 0.25) is 0 Å². The smallest absolute Gasteiger partial charge is 0.247 e. The van der Waals surface area contributed by atoms with E-state index in [1.807, 2.05) is 30.0 Å². The third kappa shape index (κ3) is 3.57. The van der Waals surface area contributed by atoms with Crippen LogP contribution in [0.4, 0.5) is 5.69 Å². The van der Waals surface area contributed by atoms with Crippen LogP contribution in [0.5, 0.6) is 0 Å². The van der Waals surface area contributed by atoms with Gasteiger partial charge in [0, 0.05) is 19.5 Å². The maximum absolute atomic E-state index is 12.6. The molecule has 23 heavy (non-hydrogen) atoms. The molecule has 2 amide bonds. The van der Waals surface area contributed by atoms with Crippen molar-refractivity contribution in [1.29, 1.82) is 0 Å². The van der Waals surface area contributed by atoms with Crippen LogP contribution < -0.4 is 4.90 Å². The van der Waals surface area contributed by atoms with E-state index in [-0.39, 0.29) is 18.2 Å². The molecule has 0 aliphatic carbocycles. The molecular formula is C16H18N2O3S2. The predicted octanol–water partition coefficient (Wildman–Crippen LogP) is 1.98. The minimum Gasteiger partial charge on any atom is -0.378 e. The second kappa shape index (κ2) is 6.98. The van der Waals surface area contributed by atoms with E-state index in [2.05, 4.69) is 0 Å². The van der Waals surface area contributed by atoms with E-state index in [1.165, 1.54) is 16.7 Å². The van der Waals surface area contributed by atoms with E-state index in [1.54, 1.807) is 6.07 Å². The molecule has 0 spiro atoms. The number of thiocarbonyl (C=S) groups is 1. The fourth-order valence-electron chi connectivity index (χ4n) is 2.68. The van der Waals surface area contributed by atoms with Crippen molar-refractivity contribution in [3.63, 3.8) is 0 Å². The minimum atomic E-state index is -0.432. The molecule has 0 bridgehead atoms. The number of hydrogen-bond donors (Lipinski definition) is 0. The number of anilines is 1. The second-order valence-corrected chi connectivity index (χ2v) is 7.42. The fourth-order valence-corrected chi connectivity index (χ4v) is 4.21. The van der Waals surface area contributed by atoms with Crippen molar-refractivity contribution in [3.8, 4) is 0 Å². The second-order valence-electron chi connectivity index (χ2n) is 5.58. The van der Waals surface area contributed by atoms with E-state index >= 15 is 0 Å². The Morgan fingerprint density at radius 1 is 1.30 bits per heavy atom. The number of thioether (sulfide) groups is 1. The highest BCUT2D eigenvalue weighted by atomic mass is 32.2. The molecule has 7 heteroatoms. The molecule has 0 radical (unpaired) electrons. The maximum atomic E-state index is 12.6. The molecule has 122 valence electrons. The van der Waals surface area contributed by atoms with Crippen LogP contribution in [0.1, 0.15) is 12.0 Å². The first-order valence-corrected chi connectivity index (χ1v) is 8.82. The lowest BCUT2D eigenvalue weighted by Gasteiger charge is -2.29. The molecule has 3 rings (SSSR count). The first-order chi connectivity index (χ1) is 11.1. The van der Waals surface area contributed by atoms with Gasteiger partial charge >= 0.3 is 0 Å². The summed E-state index contributed by atoms with van der Waals surface area (Å²) in [4.78, 5) is 28.2. The molecular weight excluding hydrogens is 332 g/mol. The van der Waals surface area contributed by atoms with Gasteiger partial charge in [0.1, 0.15) is 9.57 Å². The molecule has 2 saturated heterocycles. The number of nitrogens with zero attached hydrogens (tertiary/aromatic N) is 2. The molecule has 5 nitrogen and oxygen atoms in total. The summed E-state index contributed by atoms with van der Waals surface area (Å²) in [5.41, 5.74) is 1.66. The standard InChI is InChI=1S/C16H18N2O3S2/c1-11-3-2-4-12(9-11)18-14(19)10-13(15(18)20)23-16(22)17-5-7-21-8-6-17/h2-4,9,13H,5-8,10H2,1H3/t13-/m0/s1. The highest BCUT2D eigenvalue weighted by Gasteiger charge is 2.41. The van der Waals surface area contributed by atoms with Crippen LogP contribution >= 0.6 is 24.0 Å². The lowest BCUT2D eigenvalue weighted by atomic mass is 10.2. The van der Waals surface area contributed by atoms with Gasteiger partial charge in [0.15, 0.2) is 0 Å². The van der Waals surface area contributed by atoms with Crippen molar-refractivity contribution >= 4 is 45.8 Å². The Kier molecular flexibility index (Phi) is 4.99. The lowest BCUT2D eigenvalue weighted by molar-refractivity contribution is -0.121. The van der Waals surface area contributed by atoms with Gasteiger partial charge in [0.2, 0.25) is 11.8 Å². The molecule has 1 aromatic carbocycles. The molecule has 0 unspecified atom stereocenters. The highest BCUT2D eigenvalue weighted by molar-refractivity contribution is 8.23. The van der Waals surface area contributed by atoms with Gasteiger partial charge in [0.05, 0.1) is 18.9 Å². The van der Waals surface area contributed by atoms with E-state index in [9.17, 15) is 9.59 Å². The lowest BCUT2D eigenvalue weighted by Crippen LogP contribution is -2.39. The monoisotopic (exact) mass is 350 g/mol.